The van der Waals surface area contributed by atoms with Crippen molar-refractivity contribution in [2.45, 2.75) is 52.6 Å². The van der Waals surface area contributed by atoms with Gasteiger partial charge in [-0.2, -0.15) is 0 Å². The Hall–Kier alpha value is -0.136. The zero-order chi connectivity index (χ0) is 12.8. The highest BCUT2D eigenvalue weighted by molar-refractivity contribution is 7.30. The largest absolute Gasteiger partial charge is 0.480 e. The quantitative estimate of drug-likeness (QED) is 0.752. The van der Waals surface area contributed by atoms with Crippen molar-refractivity contribution in [2.75, 3.05) is 0 Å². The summed E-state index contributed by atoms with van der Waals surface area (Å²) in [7, 11) is -0.816. The van der Waals surface area contributed by atoms with Gasteiger partial charge in [-0.05, 0) is 5.92 Å². The fraction of sp³-hybridized carbons (Fsp3) is 0.900. The number of nitrogens with two attached hydrogens (primary N) is 1. The Bertz CT molecular complexity index is 188. The minimum atomic E-state index is -0.931. The number of rotatable bonds is 3. The maximum absolute atomic E-state index is 10.0. The molecule has 0 bridgehead atoms. The lowest BCUT2D eigenvalue weighted by atomic mass is 10.1. The molecular weight excluding hydrogens is 222 g/mol. The van der Waals surface area contributed by atoms with Gasteiger partial charge in [-0.1, -0.05) is 46.6 Å². The second-order valence-electron chi connectivity index (χ2n) is 5.63. The monoisotopic (exact) mass is 249 g/mol. The molecule has 0 aromatic carbocycles. The van der Waals surface area contributed by atoms with Gasteiger partial charge in [0.05, 0.1) is 0 Å². The number of hydrogen-bond donors (Lipinski definition) is 2. The molecule has 15 heavy (non-hydrogen) atoms. The highest BCUT2D eigenvalue weighted by Gasteiger charge is 2.17. The topological polar surface area (TPSA) is 63.3 Å². The highest BCUT2D eigenvalue weighted by Crippen LogP contribution is 2.04. The molecule has 0 saturated carbocycles. The summed E-state index contributed by atoms with van der Waals surface area (Å²) in [6, 6.07) is -0.713. The minimum absolute atomic E-state index is 0.0208. The molecule has 0 spiro atoms. The highest BCUT2D eigenvalue weighted by atomic mass is 29.2. The van der Waals surface area contributed by atoms with Crippen LogP contribution in [0, 0.1) is 5.92 Å². The van der Waals surface area contributed by atoms with Gasteiger partial charge in [0.15, 0.2) is 0 Å². The lowest BCUT2D eigenvalue weighted by molar-refractivity contribution is -0.139. The molecule has 0 radical (unpaired) electrons. The summed E-state index contributed by atoms with van der Waals surface area (Å²) in [5, 5.41) is 8.23. The van der Waals surface area contributed by atoms with Gasteiger partial charge in [-0.3, -0.25) is 4.79 Å². The second-order valence-corrected chi connectivity index (χ2v) is 21.3. The molecule has 0 aromatic heterocycles. The predicted molar refractivity (Wildman–Crippen MR) is 72.7 cm³/mol. The first-order valence-corrected chi connectivity index (χ1v) is 13.1. The molecule has 3 nitrogen and oxygen atoms in total. The van der Waals surface area contributed by atoms with E-state index in [1.807, 2.05) is 0 Å². The van der Waals surface area contributed by atoms with Crippen molar-refractivity contribution in [3.63, 3.8) is 0 Å². The molecule has 0 fully saturated rings. The molecule has 0 heterocycles. The van der Waals surface area contributed by atoms with Gasteiger partial charge < -0.3 is 10.8 Å². The summed E-state index contributed by atoms with van der Waals surface area (Å²) in [5.74, 6) is -0.910. The van der Waals surface area contributed by atoms with E-state index in [0.29, 0.717) is 0 Å². The van der Waals surface area contributed by atoms with Crippen LogP contribution in [-0.4, -0.2) is 33.0 Å². The van der Waals surface area contributed by atoms with Crippen LogP contribution >= 0.6 is 0 Å². The third-order valence-electron chi connectivity index (χ3n) is 2.74. The summed E-state index contributed by atoms with van der Waals surface area (Å²) < 4.78 is 0. The van der Waals surface area contributed by atoms with Crippen molar-refractivity contribution in [3.8, 4) is 0 Å². The summed E-state index contributed by atoms with van der Waals surface area (Å²) in [6.45, 7) is 15.8. The lowest BCUT2D eigenvalue weighted by Gasteiger charge is -2.18. The Balaban J connectivity index is 0. The van der Waals surface area contributed by atoms with Crippen LogP contribution in [0.25, 0.3) is 0 Å². The zero-order valence-electron chi connectivity index (χ0n) is 11.2. The third kappa shape index (κ3) is 10.2. The van der Waals surface area contributed by atoms with Crippen molar-refractivity contribution >= 4 is 21.9 Å². The van der Waals surface area contributed by atoms with Crippen LogP contribution in [0.1, 0.15) is 13.8 Å². The summed E-state index contributed by atoms with van der Waals surface area (Å²) in [4.78, 5) is 10.0. The fourth-order valence-corrected chi connectivity index (χ4v) is 0.285. The smallest absolute Gasteiger partial charge is 0.320 e. The standard InChI is InChI=1S/C5H11NO2.C5H16Si2/c1-3(2)4(6)5(7)8;1-6(2)7(3,4)5/h3-4H,6H2,1-2H3,(H,7,8);6H,1-5H3/t4-;/m0./s1. The van der Waals surface area contributed by atoms with Crippen LogP contribution in [-0.2, 0) is 4.79 Å². The normalized spacial score (nSPS) is 13.5. The Morgan fingerprint density at radius 2 is 1.53 bits per heavy atom. The minimum Gasteiger partial charge on any atom is -0.480 e. The average Bonchev–Trinajstić information content (AvgIpc) is 2.01. The van der Waals surface area contributed by atoms with Gasteiger partial charge in [0.25, 0.3) is 0 Å². The van der Waals surface area contributed by atoms with Crippen molar-refractivity contribution in [1.82, 2.24) is 0 Å². The number of carbonyl (C=O) groups is 1. The molecule has 1 atom stereocenters. The van der Waals surface area contributed by atoms with E-state index < -0.39 is 19.6 Å². The van der Waals surface area contributed by atoms with Crippen LogP contribution in [0.2, 0.25) is 32.7 Å². The SMILES string of the molecule is CC(C)[C@H](N)C(=O)O.C[SiH](C)[Si](C)(C)C. The van der Waals surface area contributed by atoms with Gasteiger partial charge in [0.1, 0.15) is 6.04 Å². The maximum atomic E-state index is 10.0. The molecule has 0 rings (SSSR count). The fourth-order valence-electron chi connectivity index (χ4n) is 0.285. The van der Waals surface area contributed by atoms with Gasteiger partial charge in [0.2, 0.25) is 0 Å². The molecule has 0 aliphatic carbocycles. The van der Waals surface area contributed by atoms with Gasteiger partial charge in [0, 0.05) is 15.9 Å². The molecule has 0 aliphatic rings. The van der Waals surface area contributed by atoms with E-state index in [-0.39, 0.29) is 14.2 Å². The first-order valence-electron chi connectivity index (χ1n) is 5.48. The van der Waals surface area contributed by atoms with Crippen LogP contribution in [0.5, 0.6) is 0 Å². The van der Waals surface area contributed by atoms with E-state index in [1.54, 1.807) is 13.8 Å². The molecule has 0 aliphatic heterocycles. The lowest BCUT2D eigenvalue weighted by Crippen LogP contribution is -2.37. The number of carboxylic acid groups (broad SMARTS) is 1. The predicted octanol–water partition coefficient (Wildman–Crippen LogP) is 1.94. The Morgan fingerprint density at radius 1 is 1.27 bits per heavy atom. The van der Waals surface area contributed by atoms with E-state index in [1.165, 1.54) is 0 Å². The van der Waals surface area contributed by atoms with Crippen molar-refractivity contribution in [3.05, 3.63) is 0 Å². The van der Waals surface area contributed by atoms with E-state index in [9.17, 15) is 4.79 Å². The van der Waals surface area contributed by atoms with Gasteiger partial charge in [-0.25, -0.2) is 0 Å². The number of aliphatic carboxylic acids is 1. The second kappa shape index (κ2) is 7.19. The van der Waals surface area contributed by atoms with E-state index in [2.05, 4.69) is 32.7 Å². The van der Waals surface area contributed by atoms with E-state index in [4.69, 9.17) is 10.8 Å². The molecule has 3 N–H and O–H groups in total. The van der Waals surface area contributed by atoms with Gasteiger partial charge in [-0.15, -0.1) is 0 Å². The van der Waals surface area contributed by atoms with Crippen LogP contribution < -0.4 is 5.73 Å². The Morgan fingerprint density at radius 3 is 1.53 bits per heavy atom. The molecule has 5 heteroatoms. The first kappa shape index (κ1) is 17.3. The maximum Gasteiger partial charge on any atom is 0.320 e. The van der Waals surface area contributed by atoms with Crippen LogP contribution in [0.15, 0.2) is 0 Å². The molecular formula is C10H27NO2Si2. The number of hydrogen-bond acceptors (Lipinski definition) is 2. The third-order valence-corrected chi connectivity index (χ3v) is 16.6. The Kier molecular flexibility index (Phi) is 8.27. The molecule has 92 valence electrons. The zero-order valence-corrected chi connectivity index (χ0v) is 13.3. The summed E-state index contributed by atoms with van der Waals surface area (Å²) in [5.41, 5.74) is 5.16. The van der Waals surface area contributed by atoms with E-state index >= 15 is 0 Å². The average molecular weight is 250 g/mol. The van der Waals surface area contributed by atoms with Crippen LogP contribution in [0.3, 0.4) is 0 Å². The summed E-state index contributed by atoms with van der Waals surface area (Å²) in [6.07, 6.45) is 0. The van der Waals surface area contributed by atoms with Crippen molar-refractivity contribution in [2.24, 2.45) is 11.7 Å². The van der Waals surface area contributed by atoms with Crippen molar-refractivity contribution < 1.29 is 9.90 Å². The Labute approximate surface area is 96.5 Å². The molecule has 0 unspecified atom stereocenters. The molecule has 0 amide bonds. The van der Waals surface area contributed by atoms with Crippen LogP contribution in [0.4, 0.5) is 0 Å². The van der Waals surface area contributed by atoms with E-state index in [0.717, 1.165) is 0 Å². The first-order chi connectivity index (χ1) is 6.50. The molecule has 0 saturated heterocycles. The summed E-state index contributed by atoms with van der Waals surface area (Å²) >= 11 is 0. The van der Waals surface area contributed by atoms with Gasteiger partial charge >= 0.3 is 5.97 Å². The molecule has 0 aromatic rings. The number of carboxylic acids is 1. The van der Waals surface area contributed by atoms with Crippen molar-refractivity contribution in [1.29, 1.82) is 0 Å².